The van der Waals surface area contributed by atoms with Crippen molar-refractivity contribution in [3.05, 3.63) is 28.8 Å². The van der Waals surface area contributed by atoms with E-state index in [1.807, 2.05) is 7.05 Å². The number of hydrogen-bond donors (Lipinski definition) is 1. The summed E-state index contributed by atoms with van der Waals surface area (Å²) < 4.78 is 5.67. The third kappa shape index (κ3) is 3.41. The molecule has 4 nitrogen and oxygen atoms in total. The molecule has 1 aromatic carbocycles. The number of nitrogens with one attached hydrogen (secondary N) is 1. The van der Waals surface area contributed by atoms with Gasteiger partial charge < -0.3 is 10.1 Å². The summed E-state index contributed by atoms with van der Waals surface area (Å²) in [6.07, 6.45) is 8.89. The summed E-state index contributed by atoms with van der Waals surface area (Å²) in [4.78, 5) is 18.9. The number of Topliss-reactive ketones (excluding diaryl/α,β-unsaturated/α-hetero) is 1. The first kappa shape index (κ1) is 20.2. The van der Waals surface area contributed by atoms with Crippen molar-refractivity contribution in [1.29, 1.82) is 0 Å². The van der Waals surface area contributed by atoms with Crippen LogP contribution in [-0.2, 0) is 17.8 Å². The smallest absolute Gasteiger partial charge is 0.145 e. The molecule has 0 aromatic heterocycles. The Morgan fingerprint density at radius 2 is 1.77 bits per heavy atom. The van der Waals surface area contributed by atoms with Crippen LogP contribution in [0.3, 0.4) is 0 Å². The van der Waals surface area contributed by atoms with Crippen LogP contribution in [0, 0.1) is 23.2 Å². The van der Waals surface area contributed by atoms with E-state index in [2.05, 4.69) is 31.3 Å². The van der Waals surface area contributed by atoms with Gasteiger partial charge in [-0.3, -0.25) is 9.79 Å². The molecule has 1 heterocycles. The lowest BCUT2D eigenvalue weighted by Gasteiger charge is -2.56. The van der Waals surface area contributed by atoms with Gasteiger partial charge in [-0.1, -0.05) is 0 Å². The molecule has 0 unspecified atom stereocenters. The van der Waals surface area contributed by atoms with Gasteiger partial charge in [0, 0.05) is 23.9 Å². The number of carbonyl (C=O) groups excluding carboxylic acids is 1. The minimum atomic E-state index is -0.181. The molecule has 0 radical (unpaired) electrons. The Bertz CT molecular complexity index is 863. The van der Waals surface area contributed by atoms with Crippen molar-refractivity contribution in [2.75, 3.05) is 14.2 Å². The summed E-state index contributed by atoms with van der Waals surface area (Å²) in [6, 6.07) is 4.39. The van der Waals surface area contributed by atoms with Crippen molar-refractivity contribution in [2.24, 2.45) is 28.2 Å². The summed E-state index contributed by atoms with van der Waals surface area (Å²) in [5.41, 5.74) is 4.33. The molecule has 162 valence electrons. The number of ether oxygens (including phenoxy) is 1. The van der Waals surface area contributed by atoms with Gasteiger partial charge in [0.05, 0.1) is 18.4 Å². The number of rotatable bonds is 6. The SMILES string of the molecule is CNCc1cc2c(cc1OC)CC(C)(C)N=C2CC(=O)C12CC3CC(CC(C3)C1)C2. The predicted octanol–water partition coefficient (Wildman–Crippen LogP) is 4.71. The molecular formula is C26H36N2O2. The number of hydrogen-bond acceptors (Lipinski definition) is 4. The number of benzene rings is 1. The highest BCUT2D eigenvalue weighted by atomic mass is 16.5. The highest BCUT2D eigenvalue weighted by molar-refractivity contribution is 6.14. The Kier molecular flexibility index (Phi) is 4.85. The van der Waals surface area contributed by atoms with Crippen LogP contribution in [0.15, 0.2) is 17.1 Å². The molecule has 4 bridgehead atoms. The first-order valence-electron chi connectivity index (χ1n) is 11.8. The van der Waals surface area contributed by atoms with Crippen LogP contribution < -0.4 is 10.1 Å². The van der Waals surface area contributed by atoms with Crippen molar-refractivity contribution in [2.45, 2.75) is 77.3 Å². The molecule has 4 heteroatoms. The first-order chi connectivity index (χ1) is 14.3. The van der Waals surface area contributed by atoms with Gasteiger partial charge in [-0.25, -0.2) is 0 Å². The molecule has 1 N–H and O–H groups in total. The second-order valence-corrected chi connectivity index (χ2v) is 11.2. The highest BCUT2D eigenvalue weighted by Gasteiger charge is 2.54. The van der Waals surface area contributed by atoms with Crippen molar-refractivity contribution in [3.8, 4) is 5.75 Å². The number of ketones is 1. The zero-order chi connectivity index (χ0) is 21.1. The van der Waals surface area contributed by atoms with Crippen LogP contribution in [0.4, 0.5) is 0 Å². The van der Waals surface area contributed by atoms with Gasteiger partial charge in [0.2, 0.25) is 0 Å². The van der Waals surface area contributed by atoms with E-state index in [1.54, 1.807) is 7.11 Å². The second kappa shape index (κ2) is 7.19. The maximum Gasteiger partial charge on any atom is 0.145 e. The summed E-state index contributed by atoms with van der Waals surface area (Å²) in [5.74, 6) is 3.78. The van der Waals surface area contributed by atoms with E-state index in [0.29, 0.717) is 12.2 Å². The standard InChI is InChI=1S/C26H36N2O2/c1-25(2)14-19-9-23(30-4)20(15-27-3)8-21(19)22(28-25)10-24(29)26-11-16-5-17(12-26)7-18(6-16)13-26/h8-9,16-18,27H,5-7,10-15H2,1-4H3. The third-order valence-electron chi connectivity index (χ3n) is 8.20. The summed E-state index contributed by atoms with van der Waals surface area (Å²) in [5, 5.41) is 3.24. The molecule has 4 saturated carbocycles. The Morgan fingerprint density at radius 1 is 1.13 bits per heavy atom. The Hall–Kier alpha value is -1.68. The topological polar surface area (TPSA) is 50.7 Å². The summed E-state index contributed by atoms with van der Waals surface area (Å²) in [6.45, 7) is 5.11. The summed E-state index contributed by atoms with van der Waals surface area (Å²) in [7, 11) is 3.69. The van der Waals surface area contributed by atoms with Crippen LogP contribution >= 0.6 is 0 Å². The molecule has 1 aliphatic heterocycles. The number of aliphatic imine (C=N–C) groups is 1. The van der Waals surface area contributed by atoms with Gasteiger partial charge in [0.1, 0.15) is 11.5 Å². The quantitative estimate of drug-likeness (QED) is 0.741. The van der Waals surface area contributed by atoms with Crippen LogP contribution in [-0.4, -0.2) is 31.2 Å². The van der Waals surface area contributed by atoms with E-state index in [9.17, 15) is 4.79 Å². The monoisotopic (exact) mass is 408 g/mol. The van der Waals surface area contributed by atoms with E-state index in [4.69, 9.17) is 9.73 Å². The van der Waals surface area contributed by atoms with Gasteiger partial charge in [-0.2, -0.15) is 0 Å². The molecule has 0 atom stereocenters. The third-order valence-corrected chi connectivity index (χ3v) is 8.20. The van der Waals surface area contributed by atoms with Crippen LogP contribution in [0.2, 0.25) is 0 Å². The Balaban J connectivity index is 1.47. The van der Waals surface area contributed by atoms with Crippen molar-refractivity contribution >= 4 is 11.5 Å². The molecular weight excluding hydrogens is 372 g/mol. The van der Waals surface area contributed by atoms with Gasteiger partial charge in [0.25, 0.3) is 0 Å². The minimum Gasteiger partial charge on any atom is -0.496 e. The van der Waals surface area contributed by atoms with Crippen LogP contribution in [0.25, 0.3) is 0 Å². The normalized spacial score (nSPS) is 33.2. The van der Waals surface area contributed by atoms with E-state index in [1.165, 1.54) is 30.4 Å². The summed E-state index contributed by atoms with van der Waals surface area (Å²) >= 11 is 0. The fourth-order valence-corrected chi connectivity index (χ4v) is 7.46. The van der Waals surface area contributed by atoms with Gasteiger partial charge in [-0.15, -0.1) is 0 Å². The maximum absolute atomic E-state index is 13.8. The number of carbonyl (C=O) groups is 1. The average molecular weight is 409 g/mol. The van der Waals surface area contributed by atoms with E-state index < -0.39 is 0 Å². The fourth-order valence-electron chi connectivity index (χ4n) is 7.46. The van der Waals surface area contributed by atoms with Crippen LogP contribution in [0.5, 0.6) is 5.75 Å². The van der Waals surface area contributed by atoms with Gasteiger partial charge in [0.15, 0.2) is 0 Å². The van der Waals surface area contributed by atoms with Crippen molar-refractivity contribution < 1.29 is 9.53 Å². The number of methoxy groups -OCH3 is 1. The fraction of sp³-hybridized carbons (Fsp3) is 0.692. The van der Waals surface area contributed by atoms with Crippen LogP contribution in [0.1, 0.15) is 75.5 Å². The molecule has 5 aliphatic rings. The molecule has 0 spiro atoms. The first-order valence-corrected chi connectivity index (χ1v) is 11.8. The van der Waals surface area contributed by atoms with Gasteiger partial charge >= 0.3 is 0 Å². The van der Waals surface area contributed by atoms with Crippen molar-refractivity contribution in [1.82, 2.24) is 5.32 Å². The van der Waals surface area contributed by atoms with E-state index in [0.717, 1.165) is 67.0 Å². The predicted molar refractivity (Wildman–Crippen MR) is 120 cm³/mol. The molecule has 0 saturated heterocycles. The molecule has 1 aromatic rings. The highest BCUT2D eigenvalue weighted by Crippen LogP contribution is 2.60. The van der Waals surface area contributed by atoms with E-state index in [-0.39, 0.29) is 11.0 Å². The lowest BCUT2D eigenvalue weighted by atomic mass is 9.48. The lowest BCUT2D eigenvalue weighted by Crippen LogP contribution is -2.50. The molecule has 4 fully saturated rings. The number of fused-ring (bicyclic) bond motifs is 1. The Labute approximate surface area is 180 Å². The lowest BCUT2D eigenvalue weighted by molar-refractivity contribution is -0.142. The zero-order valence-corrected chi connectivity index (χ0v) is 19.0. The zero-order valence-electron chi connectivity index (χ0n) is 19.0. The average Bonchev–Trinajstić information content (AvgIpc) is 2.66. The van der Waals surface area contributed by atoms with Crippen molar-refractivity contribution in [3.63, 3.8) is 0 Å². The second-order valence-electron chi connectivity index (χ2n) is 11.2. The molecule has 4 aliphatic carbocycles. The number of nitrogens with zero attached hydrogens (tertiary/aromatic N) is 1. The maximum atomic E-state index is 13.8. The molecule has 30 heavy (non-hydrogen) atoms. The molecule has 6 rings (SSSR count). The van der Waals surface area contributed by atoms with E-state index >= 15 is 0 Å². The largest absolute Gasteiger partial charge is 0.496 e. The molecule has 0 amide bonds. The Morgan fingerprint density at radius 3 is 2.33 bits per heavy atom. The minimum absolute atomic E-state index is 0.0563. The van der Waals surface area contributed by atoms with Gasteiger partial charge in [-0.05, 0) is 107 Å².